The number of hydrogen-bond acceptors (Lipinski definition) is 3. The fourth-order valence-corrected chi connectivity index (χ4v) is 1.52. The summed E-state index contributed by atoms with van der Waals surface area (Å²) in [4.78, 5) is 11.5. The molecule has 1 aromatic heterocycles. The van der Waals surface area contributed by atoms with Crippen molar-refractivity contribution in [3.63, 3.8) is 0 Å². The van der Waals surface area contributed by atoms with E-state index in [-0.39, 0.29) is 12.5 Å². The maximum absolute atomic E-state index is 11.5. The molecular weight excluding hydrogens is 194 g/mol. The Bertz CT molecular complexity index is 502. The van der Waals surface area contributed by atoms with Crippen LogP contribution in [0.2, 0.25) is 0 Å². The van der Waals surface area contributed by atoms with Crippen molar-refractivity contribution < 1.29 is 14.6 Å². The van der Waals surface area contributed by atoms with Crippen LogP contribution in [0.3, 0.4) is 0 Å². The van der Waals surface area contributed by atoms with Crippen molar-refractivity contribution in [2.24, 2.45) is 0 Å². The minimum Gasteiger partial charge on any atom is -0.494 e. The third-order valence-corrected chi connectivity index (χ3v) is 2.14. The molecule has 2 rings (SSSR count). The highest BCUT2D eigenvalue weighted by Crippen LogP contribution is 2.24. The third kappa shape index (κ3) is 1.54. The van der Waals surface area contributed by atoms with E-state index in [4.69, 9.17) is 4.74 Å². The van der Waals surface area contributed by atoms with Gasteiger partial charge in [-0.05, 0) is 13.0 Å². The number of benzene rings is 1. The monoisotopic (exact) mass is 205 g/mol. The zero-order valence-corrected chi connectivity index (χ0v) is 8.30. The van der Waals surface area contributed by atoms with E-state index in [1.54, 1.807) is 19.1 Å². The largest absolute Gasteiger partial charge is 0.494 e. The van der Waals surface area contributed by atoms with Crippen LogP contribution in [0.15, 0.2) is 30.3 Å². The van der Waals surface area contributed by atoms with Crippen LogP contribution in [0.1, 0.15) is 6.92 Å². The molecule has 78 valence electrons. The Morgan fingerprint density at radius 1 is 1.47 bits per heavy atom. The lowest BCUT2D eigenvalue weighted by Gasteiger charge is -2.04. The van der Waals surface area contributed by atoms with Gasteiger partial charge in [0.1, 0.15) is 0 Å². The second-order valence-corrected chi connectivity index (χ2v) is 3.10. The summed E-state index contributed by atoms with van der Waals surface area (Å²) in [5.74, 6) is -0.102. The molecule has 0 aliphatic heterocycles. The molecule has 1 N–H and O–H groups in total. The first-order valence-corrected chi connectivity index (χ1v) is 4.70. The van der Waals surface area contributed by atoms with Crippen LogP contribution >= 0.6 is 0 Å². The summed E-state index contributed by atoms with van der Waals surface area (Å²) in [7, 11) is 0. The van der Waals surface area contributed by atoms with Crippen molar-refractivity contribution >= 4 is 17.0 Å². The number of carbonyl (C=O) groups is 1. The number of aromatic hydroxyl groups is 1. The molecule has 0 aliphatic carbocycles. The average molecular weight is 205 g/mol. The first-order valence-electron chi connectivity index (χ1n) is 4.70. The summed E-state index contributed by atoms with van der Waals surface area (Å²) in [6, 6.07) is 8.76. The first-order chi connectivity index (χ1) is 7.24. The summed E-state index contributed by atoms with van der Waals surface area (Å²) in [5, 5.41) is 10.4. The van der Waals surface area contributed by atoms with Crippen molar-refractivity contribution in [1.29, 1.82) is 0 Å². The molecule has 2 aromatic rings. The Labute approximate surface area is 86.7 Å². The zero-order chi connectivity index (χ0) is 10.8. The standard InChI is InChI=1S/C11H11NO3/c1-2-15-11(14)12-9-6-4-3-5-8(9)7-10(12)13/h3-7,13H,2H2,1H3. The number of rotatable bonds is 1. The first kappa shape index (κ1) is 9.58. The summed E-state index contributed by atoms with van der Waals surface area (Å²) in [6.45, 7) is 2.01. The van der Waals surface area contributed by atoms with Crippen LogP contribution in [0.5, 0.6) is 5.88 Å². The number of aromatic nitrogens is 1. The molecule has 0 unspecified atom stereocenters. The SMILES string of the molecule is CCOC(=O)n1c(O)cc2ccccc21. The van der Waals surface area contributed by atoms with Gasteiger partial charge in [-0.1, -0.05) is 18.2 Å². The van der Waals surface area contributed by atoms with Gasteiger partial charge in [0.15, 0.2) is 0 Å². The Morgan fingerprint density at radius 2 is 2.20 bits per heavy atom. The highest BCUT2D eigenvalue weighted by Gasteiger charge is 2.14. The van der Waals surface area contributed by atoms with Crippen molar-refractivity contribution in [3.05, 3.63) is 30.3 Å². The molecule has 0 aliphatic rings. The number of para-hydroxylation sites is 1. The van der Waals surface area contributed by atoms with E-state index in [0.717, 1.165) is 9.95 Å². The lowest BCUT2D eigenvalue weighted by Crippen LogP contribution is -2.12. The van der Waals surface area contributed by atoms with Crippen molar-refractivity contribution in [3.8, 4) is 5.88 Å². The van der Waals surface area contributed by atoms with E-state index in [1.165, 1.54) is 6.07 Å². The third-order valence-electron chi connectivity index (χ3n) is 2.14. The molecule has 0 bridgehead atoms. The number of hydrogen-bond donors (Lipinski definition) is 1. The molecule has 0 spiro atoms. The van der Waals surface area contributed by atoms with Crippen LogP contribution in [0.25, 0.3) is 10.9 Å². The van der Waals surface area contributed by atoms with Crippen LogP contribution in [0, 0.1) is 0 Å². The Hall–Kier alpha value is -1.97. The molecule has 1 aromatic carbocycles. The maximum Gasteiger partial charge on any atom is 0.421 e. The fraction of sp³-hybridized carbons (Fsp3) is 0.182. The van der Waals surface area contributed by atoms with Gasteiger partial charge in [0.05, 0.1) is 12.1 Å². The van der Waals surface area contributed by atoms with E-state index >= 15 is 0 Å². The molecule has 0 amide bonds. The van der Waals surface area contributed by atoms with Crippen LogP contribution in [-0.4, -0.2) is 22.4 Å². The smallest absolute Gasteiger partial charge is 0.421 e. The van der Waals surface area contributed by atoms with Crippen molar-refractivity contribution in [2.45, 2.75) is 6.92 Å². The maximum atomic E-state index is 11.5. The second-order valence-electron chi connectivity index (χ2n) is 3.10. The highest BCUT2D eigenvalue weighted by atomic mass is 16.5. The van der Waals surface area contributed by atoms with Gasteiger partial charge in [-0.3, -0.25) is 0 Å². The average Bonchev–Trinajstić information content (AvgIpc) is 2.54. The number of carbonyl (C=O) groups excluding carboxylic acids is 1. The molecule has 0 radical (unpaired) electrons. The van der Waals surface area contributed by atoms with Gasteiger partial charge in [0, 0.05) is 11.5 Å². The van der Waals surface area contributed by atoms with Crippen LogP contribution < -0.4 is 0 Å². The van der Waals surface area contributed by atoms with E-state index in [1.807, 2.05) is 12.1 Å². The predicted molar refractivity (Wildman–Crippen MR) is 56.0 cm³/mol. The van der Waals surface area contributed by atoms with E-state index in [0.29, 0.717) is 5.52 Å². The minimum atomic E-state index is -0.559. The van der Waals surface area contributed by atoms with Gasteiger partial charge < -0.3 is 9.84 Å². The van der Waals surface area contributed by atoms with Crippen molar-refractivity contribution in [1.82, 2.24) is 4.57 Å². The molecule has 0 saturated carbocycles. The molecule has 0 saturated heterocycles. The topological polar surface area (TPSA) is 51.5 Å². The molecule has 15 heavy (non-hydrogen) atoms. The Balaban J connectivity index is 2.58. The van der Waals surface area contributed by atoms with E-state index < -0.39 is 6.09 Å². The number of nitrogens with zero attached hydrogens (tertiary/aromatic N) is 1. The van der Waals surface area contributed by atoms with Crippen molar-refractivity contribution in [2.75, 3.05) is 6.61 Å². The van der Waals surface area contributed by atoms with Gasteiger partial charge in [-0.2, -0.15) is 0 Å². The fourth-order valence-electron chi connectivity index (χ4n) is 1.52. The summed E-state index contributed by atoms with van der Waals surface area (Å²) >= 11 is 0. The van der Waals surface area contributed by atoms with Gasteiger partial charge in [-0.15, -0.1) is 0 Å². The summed E-state index contributed by atoms with van der Waals surface area (Å²) in [5.41, 5.74) is 0.647. The van der Waals surface area contributed by atoms with Crippen LogP contribution in [-0.2, 0) is 4.74 Å². The molecule has 0 atom stereocenters. The lowest BCUT2D eigenvalue weighted by atomic mass is 10.2. The van der Waals surface area contributed by atoms with Gasteiger partial charge in [-0.25, -0.2) is 9.36 Å². The molecule has 4 nitrogen and oxygen atoms in total. The normalized spacial score (nSPS) is 10.5. The number of fused-ring (bicyclic) bond motifs is 1. The summed E-state index contributed by atoms with van der Waals surface area (Å²) in [6.07, 6.45) is -0.559. The molecule has 0 fully saturated rings. The van der Waals surface area contributed by atoms with E-state index in [2.05, 4.69) is 0 Å². The van der Waals surface area contributed by atoms with Crippen LogP contribution in [0.4, 0.5) is 4.79 Å². The Kier molecular flexibility index (Phi) is 2.33. The molecular formula is C11H11NO3. The number of ether oxygens (including phenoxy) is 1. The van der Waals surface area contributed by atoms with E-state index in [9.17, 15) is 9.90 Å². The second kappa shape index (κ2) is 3.65. The van der Waals surface area contributed by atoms with Gasteiger partial charge >= 0.3 is 6.09 Å². The lowest BCUT2D eigenvalue weighted by molar-refractivity contribution is 0.152. The molecule has 1 heterocycles. The predicted octanol–water partition coefficient (Wildman–Crippen LogP) is 2.35. The Morgan fingerprint density at radius 3 is 2.93 bits per heavy atom. The zero-order valence-electron chi connectivity index (χ0n) is 8.30. The van der Waals surface area contributed by atoms with Gasteiger partial charge in [0.25, 0.3) is 0 Å². The molecule has 4 heteroatoms. The van der Waals surface area contributed by atoms with Gasteiger partial charge in [0.2, 0.25) is 5.88 Å². The highest BCUT2D eigenvalue weighted by molar-refractivity contribution is 5.91. The minimum absolute atomic E-state index is 0.102. The quantitative estimate of drug-likeness (QED) is 0.777. The summed E-state index contributed by atoms with van der Waals surface area (Å²) < 4.78 is 5.99.